The second-order valence-corrected chi connectivity index (χ2v) is 6.07. The number of carbonyl (C=O) groups excluding carboxylic acids is 2. The quantitative estimate of drug-likeness (QED) is 0.320. The monoisotopic (exact) mass is 355 g/mol. The molecule has 0 unspecified atom stereocenters. The third kappa shape index (κ3) is 5.48. The molecule has 0 aromatic carbocycles. The summed E-state index contributed by atoms with van der Waals surface area (Å²) in [4.78, 5) is 41.6. The third-order valence-corrected chi connectivity index (χ3v) is 4.38. The van der Waals surface area contributed by atoms with Crippen molar-refractivity contribution in [3.63, 3.8) is 0 Å². The minimum absolute atomic E-state index is 0.00252. The summed E-state index contributed by atoms with van der Waals surface area (Å²) in [7, 11) is 0. The topological polar surface area (TPSA) is 146 Å². The van der Waals surface area contributed by atoms with Crippen LogP contribution >= 0.6 is 0 Å². The van der Waals surface area contributed by atoms with Gasteiger partial charge in [-0.1, -0.05) is 0 Å². The number of carboxylic acid groups (broad SMARTS) is 1. The number of urea groups is 1. The summed E-state index contributed by atoms with van der Waals surface area (Å²) in [6.07, 6.45) is 0. The number of carbonyl (C=O) groups is 3. The van der Waals surface area contributed by atoms with E-state index in [9.17, 15) is 14.4 Å². The molecular weight excluding hydrogens is 330 g/mol. The van der Waals surface area contributed by atoms with Crippen molar-refractivity contribution in [1.29, 1.82) is 5.41 Å². The molecular formula is C14H25N7O4. The van der Waals surface area contributed by atoms with Gasteiger partial charge >= 0.3 is 12.0 Å². The van der Waals surface area contributed by atoms with E-state index in [0.29, 0.717) is 52.4 Å². The van der Waals surface area contributed by atoms with Crippen LogP contribution in [-0.4, -0.2) is 114 Å². The number of piperazine rings is 2. The largest absolute Gasteiger partial charge is 0.480 e. The molecule has 0 bridgehead atoms. The van der Waals surface area contributed by atoms with Crippen LogP contribution in [0.2, 0.25) is 0 Å². The first-order chi connectivity index (χ1) is 11.9. The molecule has 0 spiro atoms. The maximum absolute atomic E-state index is 12.2. The Morgan fingerprint density at radius 3 is 1.96 bits per heavy atom. The number of guanidine groups is 1. The van der Waals surface area contributed by atoms with E-state index in [1.165, 1.54) is 0 Å². The minimum Gasteiger partial charge on any atom is -0.480 e. The van der Waals surface area contributed by atoms with Gasteiger partial charge in [0.1, 0.15) is 0 Å². The predicted octanol–water partition coefficient (Wildman–Crippen LogP) is -2.56. The van der Waals surface area contributed by atoms with Crippen molar-refractivity contribution < 1.29 is 19.5 Å². The molecule has 0 saturated carbocycles. The maximum atomic E-state index is 12.2. The van der Waals surface area contributed by atoms with Crippen molar-refractivity contribution in [3.8, 4) is 0 Å². The smallest absolute Gasteiger partial charge is 0.317 e. The lowest BCUT2D eigenvalue weighted by Crippen LogP contribution is -2.56. The van der Waals surface area contributed by atoms with E-state index in [4.69, 9.17) is 16.2 Å². The van der Waals surface area contributed by atoms with E-state index in [2.05, 4.69) is 5.32 Å². The van der Waals surface area contributed by atoms with Crippen molar-refractivity contribution in [2.24, 2.45) is 5.73 Å². The lowest BCUT2D eigenvalue weighted by atomic mass is 10.3. The molecule has 0 atom stereocenters. The number of nitrogens with zero attached hydrogens (tertiary/aromatic N) is 4. The molecule has 11 heteroatoms. The van der Waals surface area contributed by atoms with Gasteiger partial charge in [0, 0.05) is 52.4 Å². The summed E-state index contributed by atoms with van der Waals surface area (Å²) >= 11 is 0. The van der Waals surface area contributed by atoms with Crippen LogP contribution in [0.5, 0.6) is 0 Å². The maximum Gasteiger partial charge on any atom is 0.317 e. The number of nitrogens with two attached hydrogens (primary N) is 1. The van der Waals surface area contributed by atoms with Crippen LogP contribution in [0.1, 0.15) is 0 Å². The molecule has 25 heavy (non-hydrogen) atoms. The van der Waals surface area contributed by atoms with Gasteiger partial charge in [-0.2, -0.15) is 0 Å². The van der Waals surface area contributed by atoms with Crippen LogP contribution in [0.15, 0.2) is 0 Å². The molecule has 0 aliphatic carbocycles. The summed E-state index contributed by atoms with van der Waals surface area (Å²) in [6.45, 7) is 3.75. The second kappa shape index (κ2) is 8.51. The van der Waals surface area contributed by atoms with Crippen LogP contribution in [0.3, 0.4) is 0 Å². The van der Waals surface area contributed by atoms with E-state index < -0.39 is 5.97 Å². The Bertz CT molecular complexity index is 525. The lowest BCUT2D eigenvalue weighted by molar-refractivity contribution is -0.139. The van der Waals surface area contributed by atoms with Gasteiger partial charge in [0.05, 0.1) is 13.1 Å². The molecule has 2 rings (SSSR count). The Kier molecular flexibility index (Phi) is 6.39. The Balaban J connectivity index is 1.67. The van der Waals surface area contributed by atoms with Crippen molar-refractivity contribution in [2.45, 2.75) is 0 Å². The first-order valence-corrected chi connectivity index (χ1v) is 8.20. The molecule has 140 valence electrons. The fourth-order valence-corrected chi connectivity index (χ4v) is 2.87. The van der Waals surface area contributed by atoms with E-state index in [-0.39, 0.29) is 31.0 Å². The number of rotatable bonds is 4. The number of amides is 3. The molecule has 0 radical (unpaired) electrons. The van der Waals surface area contributed by atoms with Crippen LogP contribution in [0.4, 0.5) is 4.79 Å². The zero-order chi connectivity index (χ0) is 18.4. The average molecular weight is 355 g/mol. The first-order valence-electron chi connectivity index (χ1n) is 8.20. The molecule has 2 heterocycles. The van der Waals surface area contributed by atoms with E-state index in [1.54, 1.807) is 19.6 Å². The normalized spacial score (nSPS) is 18.8. The molecule has 11 nitrogen and oxygen atoms in total. The summed E-state index contributed by atoms with van der Waals surface area (Å²) in [5.41, 5.74) is 5.41. The van der Waals surface area contributed by atoms with Crippen LogP contribution < -0.4 is 11.1 Å². The summed E-state index contributed by atoms with van der Waals surface area (Å²) < 4.78 is 0. The van der Waals surface area contributed by atoms with Gasteiger partial charge in [-0.05, 0) is 0 Å². The van der Waals surface area contributed by atoms with Crippen molar-refractivity contribution in [3.05, 3.63) is 0 Å². The zero-order valence-corrected chi connectivity index (χ0v) is 14.1. The van der Waals surface area contributed by atoms with Gasteiger partial charge in [0.2, 0.25) is 5.91 Å². The molecule has 2 aliphatic rings. The molecule has 2 aliphatic heterocycles. The lowest BCUT2D eigenvalue weighted by Gasteiger charge is -2.35. The number of carboxylic acids is 1. The minimum atomic E-state index is -0.878. The third-order valence-electron chi connectivity index (χ3n) is 4.38. The van der Waals surface area contributed by atoms with Gasteiger partial charge in [-0.25, -0.2) is 4.79 Å². The van der Waals surface area contributed by atoms with Gasteiger partial charge in [0.25, 0.3) is 0 Å². The van der Waals surface area contributed by atoms with Crippen LogP contribution in [0, 0.1) is 5.41 Å². The Hall–Kier alpha value is -2.56. The Morgan fingerprint density at radius 2 is 1.44 bits per heavy atom. The van der Waals surface area contributed by atoms with Crippen LogP contribution in [0.25, 0.3) is 0 Å². The molecule has 0 aromatic rings. The number of aliphatic carboxylic acids is 1. The van der Waals surface area contributed by atoms with Crippen molar-refractivity contribution in [1.82, 2.24) is 24.9 Å². The molecule has 2 saturated heterocycles. The summed E-state index contributed by atoms with van der Waals surface area (Å²) in [5, 5.41) is 18.7. The second-order valence-electron chi connectivity index (χ2n) is 6.07. The highest BCUT2D eigenvalue weighted by molar-refractivity contribution is 5.84. The van der Waals surface area contributed by atoms with Gasteiger partial charge in [-0.3, -0.25) is 19.9 Å². The van der Waals surface area contributed by atoms with E-state index >= 15 is 0 Å². The molecule has 0 aromatic heterocycles. The molecule has 2 fully saturated rings. The standard InChI is InChI=1S/C14H25N7O4/c15-13(16)20-5-7-21(8-6-20)14(25)17-9-11(22)19-3-1-18(2-4-19)10-12(23)24/h1-10H2,(H3,15,16)(H,17,25)(H,23,24). The average Bonchev–Trinajstić information content (AvgIpc) is 2.59. The highest BCUT2D eigenvalue weighted by atomic mass is 16.4. The zero-order valence-electron chi connectivity index (χ0n) is 14.1. The highest BCUT2D eigenvalue weighted by Crippen LogP contribution is 2.03. The van der Waals surface area contributed by atoms with Gasteiger partial charge in [-0.15, -0.1) is 0 Å². The van der Waals surface area contributed by atoms with Gasteiger partial charge in [0.15, 0.2) is 5.96 Å². The van der Waals surface area contributed by atoms with Crippen molar-refractivity contribution in [2.75, 3.05) is 65.4 Å². The SMILES string of the molecule is N=C(N)N1CCN(C(=O)NCC(=O)N2CCN(CC(=O)O)CC2)CC1. The summed E-state index contributed by atoms with van der Waals surface area (Å²) in [6, 6.07) is -0.305. The molecule has 5 N–H and O–H groups in total. The number of hydrogen-bond acceptors (Lipinski definition) is 5. The number of nitrogens with one attached hydrogen (secondary N) is 2. The summed E-state index contributed by atoms with van der Waals surface area (Å²) in [5.74, 6) is -1.06. The Labute approximate surface area is 145 Å². The Morgan fingerprint density at radius 1 is 0.920 bits per heavy atom. The van der Waals surface area contributed by atoms with E-state index in [0.717, 1.165) is 0 Å². The predicted molar refractivity (Wildman–Crippen MR) is 89.1 cm³/mol. The highest BCUT2D eigenvalue weighted by Gasteiger charge is 2.24. The van der Waals surface area contributed by atoms with Crippen LogP contribution in [-0.2, 0) is 9.59 Å². The number of hydrogen-bond donors (Lipinski definition) is 4. The fraction of sp³-hybridized carbons (Fsp3) is 0.714. The molecule has 3 amide bonds. The van der Waals surface area contributed by atoms with Gasteiger partial charge < -0.3 is 30.9 Å². The first kappa shape index (κ1) is 18.8. The fourth-order valence-electron chi connectivity index (χ4n) is 2.87. The van der Waals surface area contributed by atoms with E-state index in [1.807, 2.05) is 0 Å². The van der Waals surface area contributed by atoms with Crippen molar-refractivity contribution >= 4 is 23.9 Å².